The molecular weight excluding hydrogens is 258 g/mol. The molecule has 0 heterocycles. The number of allylic oxidation sites excluding steroid dienone is 5. The molecule has 1 aliphatic rings. The average molecular weight is 275 g/mol. The van der Waals surface area contributed by atoms with Crippen molar-refractivity contribution in [3.63, 3.8) is 0 Å². The van der Waals surface area contributed by atoms with E-state index in [0.717, 1.165) is 0 Å². The molecule has 106 valence electrons. The molecule has 0 fully saturated rings. The largest absolute Gasteiger partial charge is 0.339 e. The van der Waals surface area contributed by atoms with Gasteiger partial charge in [0.25, 0.3) is 5.91 Å². The number of hydrogen-bond donors (Lipinski definition) is 0. The van der Waals surface area contributed by atoms with Gasteiger partial charge in [0.2, 0.25) is 5.70 Å². The van der Waals surface area contributed by atoms with Gasteiger partial charge in [-0.1, -0.05) is 6.08 Å². The van der Waals surface area contributed by atoms with Crippen molar-refractivity contribution in [3.05, 3.63) is 45.2 Å². The summed E-state index contributed by atoms with van der Waals surface area (Å²) in [4.78, 5) is 23.9. The van der Waals surface area contributed by atoms with E-state index in [4.69, 9.17) is 5.26 Å². The summed E-state index contributed by atoms with van der Waals surface area (Å²) >= 11 is 0. The molecule has 1 aliphatic carbocycles. The van der Waals surface area contributed by atoms with Gasteiger partial charge in [-0.05, 0) is 31.9 Å². The van der Waals surface area contributed by atoms with Crippen molar-refractivity contribution >= 4 is 5.91 Å². The minimum atomic E-state index is -0.431. The van der Waals surface area contributed by atoms with E-state index in [1.165, 1.54) is 17.1 Å². The highest BCUT2D eigenvalue weighted by Gasteiger charge is 2.18. The first-order valence-electron chi connectivity index (χ1n) is 6.49. The van der Waals surface area contributed by atoms with Crippen molar-refractivity contribution < 1.29 is 9.72 Å². The molecule has 0 aromatic rings. The van der Waals surface area contributed by atoms with E-state index in [2.05, 4.69) is 0 Å². The third kappa shape index (κ3) is 3.79. The fourth-order valence-corrected chi connectivity index (χ4v) is 1.94. The predicted molar refractivity (Wildman–Crippen MR) is 74.0 cm³/mol. The number of carbonyl (C=O) groups is 1. The number of nitriles is 1. The van der Waals surface area contributed by atoms with Crippen LogP contribution in [0.5, 0.6) is 0 Å². The number of nitro groups is 1. The summed E-state index contributed by atoms with van der Waals surface area (Å²) in [7, 11) is 0. The van der Waals surface area contributed by atoms with Crippen LogP contribution in [0, 0.1) is 21.4 Å². The topological polar surface area (TPSA) is 87.2 Å². The summed E-state index contributed by atoms with van der Waals surface area (Å²) in [5.41, 5.74) is 0.645. The molecule has 0 N–H and O–H groups in total. The van der Waals surface area contributed by atoms with Crippen molar-refractivity contribution in [2.45, 2.75) is 26.7 Å². The van der Waals surface area contributed by atoms with Crippen molar-refractivity contribution in [2.75, 3.05) is 13.1 Å². The molecule has 0 bridgehead atoms. The molecule has 0 saturated carbocycles. The SMILES string of the molecule is CCN(CC)C(=O)C(C#N)=CC1=CCCC([N+](=O)[O-])=C1. The van der Waals surface area contributed by atoms with E-state index in [1.54, 1.807) is 6.08 Å². The molecule has 6 nitrogen and oxygen atoms in total. The Kier molecular flexibility index (Phi) is 5.66. The lowest BCUT2D eigenvalue weighted by Gasteiger charge is -2.17. The molecule has 1 amide bonds. The fraction of sp³-hybridized carbons (Fsp3) is 0.429. The van der Waals surface area contributed by atoms with Crippen LogP contribution in [0.3, 0.4) is 0 Å². The van der Waals surface area contributed by atoms with Crippen LogP contribution in [0.1, 0.15) is 26.7 Å². The van der Waals surface area contributed by atoms with Gasteiger partial charge in [-0.15, -0.1) is 0 Å². The molecule has 20 heavy (non-hydrogen) atoms. The van der Waals surface area contributed by atoms with Gasteiger partial charge in [-0.2, -0.15) is 5.26 Å². The second-order valence-electron chi connectivity index (χ2n) is 4.28. The Morgan fingerprint density at radius 2 is 2.20 bits per heavy atom. The predicted octanol–water partition coefficient (Wildman–Crippen LogP) is 2.19. The zero-order chi connectivity index (χ0) is 15.1. The maximum atomic E-state index is 12.1. The van der Waals surface area contributed by atoms with E-state index in [-0.39, 0.29) is 17.2 Å². The fourth-order valence-electron chi connectivity index (χ4n) is 1.94. The Labute approximate surface area is 117 Å². The van der Waals surface area contributed by atoms with Gasteiger partial charge >= 0.3 is 0 Å². The first-order valence-corrected chi connectivity index (χ1v) is 6.49. The molecule has 0 aromatic heterocycles. The Morgan fingerprint density at radius 3 is 2.70 bits per heavy atom. The monoisotopic (exact) mass is 275 g/mol. The minimum Gasteiger partial charge on any atom is -0.339 e. The van der Waals surface area contributed by atoms with Crippen molar-refractivity contribution in [1.29, 1.82) is 5.26 Å². The first kappa shape index (κ1) is 15.6. The van der Waals surface area contributed by atoms with Gasteiger partial charge in [0.1, 0.15) is 11.6 Å². The standard InChI is InChI=1S/C14H17N3O3/c1-3-16(4-2)14(18)12(10-15)8-11-6-5-7-13(9-11)17(19)20/h6,8-9H,3-5,7H2,1-2H3. The Bertz CT molecular complexity index is 534. The molecule has 1 rings (SSSR count). The van der Waals surface area contributed by atoms with Gasteiger partial charge in [-0.25, -0.2) is 0 Å². The van der Waals surface area contributed by atoms with E-state index in [9.17, 15) is 14.9 Å². The highest BCUT2D eigenvalue weighted by atomic mass is 16.6. The van der Waals surface area contributed by atoms with Crippen LogP contribution in [0.2, 0.25) is 0 Å². The van der Waals surface area contributed by atoms with E-state index in [0.29, 0.717) is 31.5 Å². The summed E-state index contributed by atoms with van der Waals surface area (Å²) in [6, 6.07) is 1.87. The second-order valence-corrected chi connectivity index (χ2v) is 4.28. The zero-order valence-corrected chi connectivity index (χ0v) is 11.6. The van der Waals surface area contributed by atoms with Gasteiger partial charge in [-0.3, -0.25) is 14.9 Å². The first-order chi connectivity index (χ1) is 9.53. The molecule has 0 unspecified atom stereocenters. The zero-order valence-electron chi connectivity index (χ0n) is 11.6. The highest BCUT2D eigenvalue weighted by Crippen LogP contribution is 2.20. The number of amides is 1. The quantitative estimate of drug-likeness (QED) is 0.333. The van der Waals surface area contributed by atoms with Crippen molar-refractivity contribution in [3.8, 4) is 6.07 Å². The second kappa shape index (κ2) is 7.24. The van der Waals surface area contributed by atoms with E-state index >= 15 is 0 Å². The number of hydrogen-bond acceptors (Lipinski definition) is 4. The Hall–Kier alpha value is -2.42. The molecule has 0 aromatic carbocycles. The lowest BCUT2D eigenvalue weighted by molar-refractivity contribution is -0.428. The van der Waals surface area contributed by atoms with E-state index < -0.39 is 4.92 Å². The normalized spacial score (nSPS) is 14.9. The Balaban J connectivity index is 3.02. The maximum Gasteiger partial charge on any atom is 0.264 e. The molecule has 0 aliphatic heterocycles. The number of carbonyl (C=O) groups excluding carboxylic acids is 1. The summed E-state index contributed by atoms with van der Waals surface area (Å²) in [6.07, 6.45) is 5.53. The summed E-state index contributed by atoms with van der Waals surface area (Å²) in [5.74, 6) is -0.347. The van der Waals surface area contributed by atoms with Crippen LogP contribution in [-0.4, -0.2) is 28.8 Å². The number of rotatable bonds is 5. The average Bonchev–Trinajstić information content (AvgIpc) is 2.46. The smallest absolute Gasteiger partial charge is 0.264 e. The van der Waals surface area contributed by atoms with E-state index in [1.807, 2.05) is 19.9 Å². The van der Waals surface area contributed by atoms with Gasteiger partial charge < -0.3 is 4.90 Å². The number of likely N-dealkylation sites (N-methyl/N-ethyl adjacent to an activating group) is 1. The van der Waals surface area contributed by atoms with Crippen LogP contribution in [0.15, 0.2) is 35.1 Å². The third-order valence-corrected chi connectivity index (χ3v) is 3.06. The summed E-state index contributed by atoms with van der Waals surface area (Å²) in [6.45, 7) is 4.70. The van der Waals surface area contributed by atoms with Crippen molar-refractivity contribution in [2.24, 2.45) is 0 Å². The molecule has 0 saturated heterocycles. The van der Waals surface area contributed by atoms with Crippen LogP contribution in [-0.2, 0) is 4.79 Å². The molecule has 0 atom stereocenters. The Morgan fingerprint density at radius 1 is 1.55 bits per heavy atom. The third-order valence-electron chi connectivity index (χ3n) is 3.06. The van der Waals surface area contributed by atoms with Gasteiger partial charge in [0.15, 0.2) is 0 Å². The summed E-state index contributed by atoms with van der Waals surface area (Å²) in [5, 5.41) is 19.8. The molecule has 0 spiro atoms. The molecule has 6 heteroatoms. The maximum absolute atomic E-state index is 12.1. The number of nitrogens with zero attached hydrogens (tertiary/aromatic N) is 3. The summed E-state index contributed by atoms with van der Waals surface area (Å²) < 4.78 is 0. The van der Waals surface area contributed by atoms with Gasteiger partial charge in [0.05, 0.1) is 4.92 Å². The molecule has 0 radical (unpaired) electrons. The minimum absolute atomic E-state index is 0.000739. The van der Waals surface area contributed by atoms with Crippen molar-refractivity contribution in [1.82, 2.24) is 4.90 Å². The van der Waals surface area contributed by atoms with Crippen LogP contribution >= 0.6 is 0 Å². The van der Waals surface area contributed by atoms with Crippen LogP contribution in [0.25, 0.3) is 0 Å². The lowest BCUT2D eigenvalue weighted by Crippen LogP contribution is -2.31. The molecular formula is C14H17N3O3. The van der Waals surface area contributed by atoms with Crippen LogP contribution < -0.4 is 0 Å². The van der Waals surface area contributed by atoms with Crippen LogP contribution in [0.4, 0.5) is 0 Å². The highest BCUT2D eigenvalue weighted by molar-refractivity contribution is 5.97. The van der Waals surface area contributed by atoms with Gasteiger partial charge in [0, 0.05) is 25.6 Å². The lowest BCUT2D eigenvalue weighted by atomic mass is 10.0.